The van der Waals surface area contributed by atoms with E-state index in [1.54, 1.807) is 0 Å². The second-order valence-corrected chi connectivity index (χ2v) is 6.32. The lowest BCUT2D eigenvalue weighted by Crippen LogP contribution is -2.30. The fraction of sp³-hybridized carbons (Fsp3) is 0.733. The number of rotatable bonds is 5. The van der Waals surface area contributed by atoms with Crippen LogP contribution in [-0.4, -0.2) is 56.3 Å². The maximum atomic E-state index is 5.70. The van der Waals surface area contributed by atoms with Crippen LogP contribution in [0.2, 0.25) is 0 Å². The highest BCUT2D eigenvalue weighted by molar-refractivity contribution is 4.88. The van der Waals surface area contributed by atoms with Gasteiger partial charge in [0.1, 0.15) is 0 Å². The van der Waals surface area contributed by atoms with Gasteiger partial charge in [0, 0.05) is 25.9 Å². The Hall–Kier alpha value is -1.80. The summed E-state index contributed by atoms with van der Waals surface area (Å²) in [6.07, 6.45) is 1.10. The minimum absolute atomic E-state index is 0.272. The Bertz CT molecular complexity index is 623. The molecule has 0 aliphatic carbocycles. The number of hydrogen-bond acceptors (Lipinski definition) is 8. The average molecular weight is 320 g/mol. The van der Waals surface area contributed by atoms with Crippen molar-refractivity contribution in [2.75, 3.05) is 26.2 Å². The second-order valence-electron chi connectivity index (χ2n) is 6.32. The summed E-state index contributed by atoms with van der Waals surface area (Å²) in [6.45, 7) is 11.4. The van der Waals surface area contributed by atoms with Gasteiger partial charge in [-0.15, -0.1) is 10.2 Å². The first kappa shape index (κ1) is 16.1. The Kier molecular flexibility index (Phi) is 5.02. The van der Waals surface area contributed by atoms with Crippen molar-refractivity contribution < 1.29 is 8.94 Å². The highest BCUT2D eigenvalue weighted by Crippen LogP contribution is 2.14. The third kappa shape index (κ3) is 4.35. The molecule has 0 N–H and O–H groups in total. The van der Waals surface area contributed by atoms with Gasteiger partial charge in [-0.1, -0.05) is 19.0 Å². The molecule has 126 valence electrons. The van der Waals surface area contributed by atoms with E-state index in [9.17, 15) is 0 Å². The van der Waals surface area contributed by atoms with E-state index in [0.29, 0.717) is 17.7 Å². The lowest BCUT2D eigenvalue weighted by molar-refractivity contribution is 0.225. The van der Waals surface area contributed by atoms with Crippen molar-refractivity contribution in [2.45, 2.75) is 46.2 Å². The largest absolute Gasteiger partial charge is 0.424 e. The zero-order valence-corrected chi connectivity index (χ0v) is 14.0. The van der Waals surface area contributed by atoms with Crippen LogP contribution in [0.25, 0.3) is 0 Å². The van der Waals surface area contributed by atoms with E-state index in [0.717, 1.165) is 51.5 Å². The predicted molar refractivity (Wildman–Crippen MR) is 82.6 cm³/mol. The summed E-state index contributed by atoms with van der Waals surface area (Å²) >= 11 is 0. The van der Waals surface area contributed by atoms with Crippen molar-refractivity contribution in [3.8, 4) is 0 Å². The van der Waals surface area contributed by atoms with Gasteiger partial charge in [0.25, 0.3) is 0 Å². The molecule has 8 heteroatoms. The van der Waals surface area contributed by atoms with Crippen LogP contribution in [0.3, 0.4) is 0 Å². The first-order valence-electron chi connectivity index (χ1n) is 8.16. The monoisotopic (exact) mass is 320 g/mol. The van der Waals surface area contributed by atoms with Gasteiger partial charge in [0.05, 0.1) is 13.1 Å². The molecule has 0 aromatic carbocycles. The maximum absolute atomic E-state index is 5.70. The summed E-state index contributed by atoms with van der Waals surface area (Å²) in [5.74, 6) is 3.07. The van der Waals surface area contributed by atoms with Gasteiger partial charge in [-0.05, 0) is 19.5 Å². The topological polar surface area (TPSA) is 84.3 Å². The van der Waals surface area contributed by atoms with Crippen LogP contribution in [0, 0.1) is 6.92 Å². The number of aryl methyl sites for hydroxylation is 1. The van der Waals surface area contributed by atoms with Gasteiger partial charge in [-0.3, -0.25) is 9.80 Å². The van der Waals surface area contributed by atoms with Gasteiger partial charge < -0.3 is 8.94 Å². The molecule has 2 aromatic rings. The van der Waals surface area contributed by atoms with Gasteiger partial charge in [-0.25, -0.2) is 0 Å². The Balaban J connectivity index is 1.51. The van der Waals surface area contributed by atoms with E-state index in [-0.39, 0.29) is 5.92 Å². The molecule has 0 saturated carbocycles. The van der Waals surface area contributed by atoms with Crippen molar-refractivity contribution in [2.24, 2.45) is 0 Å². The Morgan fingerprint density at radius 2 is 1.78 bits per heavy atom. The minimum Gasteiger partial charge on any atom is -0.424 e. The lowest BCUT2D eigenvalue weighted by Gasteiger charge is -2.19. The van der Waals surface area contributed by atoms with Crippen molar-refractivity contribution in [3.63, 3.8) is 0 Å². The van der Waals surface area contributed by atoms with E-state index in [4.69, 9.17) is 8.94 Å². The summed E-state index contributed by atoms with van der Waals surface area (Å²) in [7, 11) is 0. The molecule has 23 heavy (non-hydrogen) atoms. The minimum atomic E-state index is 0.272. The third-order valence-corrected chi connectivity index (χ3v) is 3.95. The number of hydrogen-bond donors (Lipinski definition) is 0. The quantitative estimate of drug-likeness (QED) is 0.821. The van der Waals surface area contributed by atoms with Crippen LogP contribution in [0.5, 0.6) is 0 Å². The average Bonchev–Trinajstić information content (AvgIpc) is 3.07. The van der Waals surface area contributed by atoms with Crippen molar-refractivity contribution in [1.82, 2.24) is 30.1 Å². The summed E-state index contributed by atoms with van der Waals surface area (Å²) in [5, 5.41) is 12.2. The van der Waals surface area contributed by atoms with Gasteiger partial charge in [0.15, 0.2) is 5.82 Å². The molecular weight excluding hydrogens is 296 g/mol. The molecule has 0 amide bonds. The molecule has 3 heterocycles. The molecule has 2 aromatic heterocycles. The van der Waals surface area contributed by atoms with Crippen LogP contribution in [0.4, 0.5) is 0 Å². The van der Waals surface area contributed by atoms with Crippen molar-refractivity contribution >= 4 is 0 Å². The first-order valence-corrected chi connectivity index (χ1v) is 8.16. The first-order chi connectivity index (χ1) is 11.1. The van der Waals surface area contributed by atoms with E-state index in [1.165, 1.54) is 0 Å². The second kappa shape index (κ2) is 7.18. The molecule has 1 fully saturated rings. The fourth-order valence-corrected chi connectivity index (χ4v) is 2.70. The van der Waals surface area contributed by atoms with Crippen LogP contribution < -0.4 is 0 Å². The van der Waals surface area contributed by atoms with Crippen LogP contribution in [-0.2, 0) is 13.1 Å². The summed E-state index contributed by atoms with van der Waals surface area (Å²) in [6, 6.07) is 0. The molecular formula is C15H24N6O2. The highest BCUT2D eigenvalue weighted by atomic mass is 16.5. The Morgan fingerprint density at radius 3 is 2.39 bits per heavy atom. The summed E-state index contributed by atoms with van der Waals surface area (Å²) < 4.78 is 10.7. The molecule has 0 unspecified atom stereocenters. The van der Waals surface area contributed by atoms with Crippen molar-refractivity contribution in [3.05, 3.63) is 23.5 Å². The molecule has 0 spiro atoms. The van der Waals surface area contributed by atoms with Crippen LogP contribution in [0.15, 0.2) is 8.94 Å². The number of aromatic nitrogens is 4. The van der Waals surface area contributed by atoms with E-state index >= 15 is 0 Å². The Labute approximate surface area is 135 Å². The van der Waals surface area contributed by atoms with Gasteiger partial charge >= 0.3 is 0 Å². The predicted octanol–water partition coefficient (Wildman–Crippen LogP) is 1.59. The zero-order valence-electron chi connectivity index (χ0n) is 14.0. The van der Waals surface area contributed by atoms with Crippen LogP contribution in [0.1, 0.15) is 49.7 Å². The van der Waals surface area contributed by atoms with E-state index in [2.05, 4.69) is 44.0 Å². The molecule has 0 bridgehead atoms. The van der Waals surface area contributed by atoms with Crippen LogP contribution >= 0.6 is 0 Å². The highest BCUT2D eigenvalue weighted by Gasteiger charge is 2.19. The smallest absolute Gasteiger partial charge is 0.230 e. The normalized spacial score (nSPS) is 17.7. The molecule has 8 nitrogen and oxygen atoms in total. The summed E-state index contributed by atoms with van der Waals surface area (Å²) in [4.78, 5) is 8.99. The zero-order chi connectivity index (χ0) is 16.2. The molecule has 1 aliphatic heterocycles. The van der Waals surface area contributed by atoms with Crippen molar-refractivity contribution in [1.29, 1.82) is 0 Å². The molecule has 0 atom stereocenters. The molecule has 1 saturated heterocycles. The summed E-state index contributed by atoms with van der Waals surface area (Å²) in [5.41, 5.74) is 0. The molecule has 1 aliphatic rings. The van der Waals surface area contributed by atoms with E-state index in [1.807, 2.05) is 6.92 Å². The number of nitrogens with zero attached hydrogens (tertiary/aromatic N) is 6. The van der Waals surface area contributed by atoms with Gasteiger partial charge in [-0.2, -0.15) is 4.98 Å². The SMILES string of the molecule is Cc1nc(CN2CCCN(Cc3nnc(C(C)C)o3)CC2)no1. The van der Waals surface area contributed by atoms with Gasteiger partial charge in [0.2, 0.25) is 17.7 Å². The standard InChI is InChI=1S/C15H24N6O2/c1-11(2)15-18-17-14(22-15)10-21-6-4-5-20(7-8-21)9-13-16-12(3)23-19-13/h11H,4-10H2,1-3H3. The van der Waals surface area contributed by atoms with E-state index < -0.39 is 0 Å². The maximum Gasteiger partial charge on any atom is 0.230 e. The third-order valence-electron chi connectivity index (χ3n) is 3.95. The fourth-order valence-electron chi connectivity index (χ4n) is 2.70. The lowest BCUT2D eigenvalue weighted by atomic mass is 10.2. The molecule has 3 rings (SSSR count). The Morgan fingerprint density at radius 1 is 1.04 bits per heavy atom. The molecule has 0 radical (unpaired) electrons.